The Morgan fingerprint density at radius 3 is 2.75 bits per heavy atom. The van der Waals surface area contributed by atoms with Crippen molar-refractivity contribution in [2.75, 3.05) is 7.11 Å². The Balaban J connectivity index is 1.74. The molecule has 0 amide bonds. The Labute approximate surface area is 185 Å². The van der Waals surface area contributed by atoms with Crippen molar-refractivity contribution >= 4 is 27.8 Å². The summed E-state index contributed by atoms with van der Waals surface area (Å²) in [5, 5.41) is 10.8. The van der Waals surface area contributed by atoms with E-state index in [1.807, 2.05) is 30.3 Å². The number of fused-ring (bicyclic) bond motifs is 3. The largest absolute Gasteiger partial charge is 0.489 e. The molecule has 4 aromatic rings. The highest BCUT2D eigenvalue weighted by Crippen LogP contribution is 2.33. The zero-order chi connectivity index (χ0) is 22.7. The molecule has 1 N–H and O–H groups in total. The van der Waals surface area contributed by atoms with Crippen molar-refractivity contribution in [3.05, 3.63) is 71.0 Å². The molecule has 2 aromatic carbocycles. The van der Waals surface area contributed by atoms with E-state index in [0.717, 1.165) is 27.4 Å². The minimum Gasteiger partial charge on any atom is -0.489 e. The molecular weight excluding hydrogens is 406 g/mol. The molecule has 0 bridgehead atoms. The highest BCUT2D eigenvalue weighted by molar-refractivity contribution is 6.11. The zero-order valence-corrected chi connectivity index (χ0v) is 18.1. The topological polar surface area (TPSA) is 97.2 Å². The Bertz CT molecular complexity index is 1330. The van der Waals surface area contributed by atoms with Gasteiger partial charge in [0.15, 0.2) is 5.69 Å². The fraction of sp³-hybridized carbons (Fsp3) is 0.240. The lowest BCUT2D eigenvalue weighted by molar-refractivity contribution is 0.0366. The summed E-state index contributed by atoms with van der Waals surface area (Å²) in [6, 6.07) is 15.2. The van der Waals surface area contributed by atoms with Crippen LogP contribution in [-0.4, -0.2) is 29.2 Å². The number of nitriles is 1. The number of carbonyl (C=O) groups excluding carboxylic acids is 1. The average molecular weight is 429 g/mol. The molecule has 4 rings (SSSR count). The van der Waals surface area contributed by atoms with Crippen molar-refractivity contribution in [3.8, 4) is 11.8 Å². The van der Waals surface area contributed by atoms with Gasteiger partial charge < -0.3 is 19.2 Å². The van der Waals surface area contributed by atoms with E-state index in [2.05, 4.69) is 16.0 Å². The van der Waals surface area contributed by atoms with Gasteiger partial charge in [-0.05, 0) is 49.7 Å². The molecule has 7 heteroatoms. The van der Waals surface area contributed by atoms with Crippen LogP contribution in [0.1, 0.15) is 41.0 Å². The molecule has 0 atom stereocenters. The molecular formula is C25H23N3O4. The number of aromatic amines is 1. The van der Waals surface area contributed by atoms with E-state index in [4.69, 9.17) is 19.5 Å². The van der Waals surface area contributed by atoms with Crippen LogP contribution in [0.2, 0.25) is 0 Å². The van der Waals surface area contributed by atoms with Crippen LogP contribution in [-0.2, 0) is 22.7 Å². The summed E-state index contributed by atoms with van der Waals surface area (Å²) in [4.78, 5) is 20.3. The van der Waals surface area contributed by atoms with E-state index in [9.17, 15) is 4.79 Å². The van der Waals surface area contributed by atoms with Gasteiger partial charge in [0.25, 0.3) is 0 Å². The van der Waals surface area contributed by atoms with Crippen molar-refractivity contribution in [2.24, 2.45) is 0 Å². The number of nitrogens with one attached hydrogen (secondary N) is 1. The lowest BCUT2D eigenvalue weighted by Gasteiger charge is -2.12. The number of nitrogens with zero attached hydrogens (tertiary/aromatic N) is 2. The summed E-state index contributed by atoms with van der Waals surface area (Å²) in [5.41, 5.74) is 4.11. The SMILES string of the molecule is COCc1c(C(=O)OC(C)C)ncc2[nH]c3ccc(OCc4cccc(C#N)c4)cc3c12. The summed E-state index contributed by atoms with van der Waals surface area (Å²) >= 11 is 0. The van der Waals surface area contributed by atoms with Gasteiger partial charge in [0.05, 0.1) is 36.1 Å². The predicted molar refractivity (Wildman–Crippen MR) is 120 cm³/mol. The van der Waals surface area contributed by atoms with E-state index in [1.54, 1.807) is 39.3 Å². The van der Waals surface area contributed by atoms with E-state index in [1.165, 1.54) is 0 Å². The second-order valence-electron chi connectivity index (χ2n) is 7.69. The van der Waals surface area contributed by atoms with Gasteiger partial charge in [-0.2, -0.15) is 5.26 Å². The second kappa shape index (κ2) is 9.08. The quantitative estimate of drug-likeness (QED) is 0.421. The van der Waals surface area contributed by atoms with Crippen LogP contribution in [0, 0.1) is 11.3 Å². The number of ether oxygens (including phenoxy) is 3. The first-order valence-electron chi connectivity index (χ1n) is 10.2. The molecule has 0 aliphatic rings. The van der Waals surface area contributed by atoms with Gasteiger partial charge in [0.1, 0.15) is 12.4 Å². The highest BCUT2D eigenvalue weighted by Gasteiger charge is 2.21. The van der Waals surface area contributed by atoms with Gasteiger partial charge >= 0.3 is 5.97 Å². The maximum Gasteiger partial charge on any atom is 0.357 e. The third-order valence-electron chi connectivity index (χ3n) is 5.00. The molecule has 0 aliphatic carbocycles. The fourth-order valence-electron chi connectivity index (χ4n) is 3.66. The predicted octanol–water partition coefficient (Wildman–Crippen LogP) is 4.88. The van der Waals surface area contributed by atoms with Gasteiger partial charge in [-0.3, -0.25) is 0 Å². The first-order chi connectivity index (χ1) is 15.5. The number of methoxy groups -OCH3 is 1. The van der Waals surface area contributed by atoms with Crippen molar-refractivity contribution in [1.29, 1.82) is 5.26 Å². The number of hydrogen-bond donors (Lipinski definition) is 1. The molecule has 7 nitrogen and oxygen atoms in total. The van der Waals surface area contributed by atoms with Crippen molar-refractivity contribution < 1.29 is 19.0 Å². The number of carbonyl (C=O) groups is 1. The maximum atomic E-state index is 12.6. The Kier molecular flexibility index (Phi) is 6.06. The van der Waals surface area contributed by atoms with Gasteiger partial charge in [0, 0.05) is 29.0 Å². The first-order valence-corrected chi connectivity index (χ1v) is 10.2. The van der Waals surface area contributed by atoms with Gasteiger partial charge in [-0.15, -0.1) is 0 Å². The second-order valence-corrected chi connectivity index (χ2v) is 7.69. The van der Waals surface area contributed by atoms with Gasteiger partial charge in [0.2, 0.25) is 0 Å². The monoisotopic (exact) mass is 429 g/mol. The summed E-state index contributed by atoms with van der Waals surface area (Å²) < 4.78 is 16.8. The lowest BCUT2D eigenvalue weighted by Crippen LogP contribution is -2.15. The Hall–Kier alpha value is -3.89. The Morgan fingerprint density at radius 1 is 1.16 bits per heavy atom. The van der Waals surface area contributed by atoms with Crippen LogP contribution >= 0.6 is 0 Å². The number of aromatic nitrogens is 2. The molecule has 162 valence electrons. The Morgan fingerprint density at radius 2 is 2.00 bits per heavy atom. The molecule has 0 unspecified atom stereocenters. The molecule has 0 fully saturated rings. The molecule has 0 aliphatic heterocycles. The van der Waals surface area contributed by atoms with Crippen LogP contribution in [0.25, 0.3) is 21.8 Å². The third-order valence-corrected chi connectivity index (χ3v) is 5.00. The molecule has 2 aromatic heterocycles. The van der Waals surface area contributed by atoms with Crippen molar-refractivity contribution in [3.63, 3.8) is 0 Å². The van der Waals surface area contributed by atoms with E-state index in [0.29, 0.717) is 23.5 Å². The van der Waals surface area contributed by atoms with Crippen LogP contribution in [0.4, 0.5) is 0 Å². The standard InChI is InChI=1S/C25H23N3O4/c1-15(2)32-25(29)24-20(14-30-3)23-19-10-18(7-8-21(19)28-22(23)12-27-24)31-13-17-6-4-5-16(9-17)11-26/h4-10,12,15,28H,13-14H2,1-3H3. The number of hydrogen-bond acceptors (Lipinski definition) is 6. The summed E-state index contributed by atoms with van der Waals surface area (Å²) in [5.74, 6) is 0.195. The van der Waals surface area contributed by atoms with Gasteiger partial charge in [-0.1, -0.05) is 12.1 Å². The normalized spacial score (nSPS) is 11.1. The van der Waals surface area contributed by atoms with Crippen LogP contribution in [0.5, 0.6) is 5.75 Å². The number of benzene rings is 2. The molecule has 0 saturated heterocycles. The maximum absolute atomic E-state index is 12.6. The summed E-state index contributed by atoms with van der Waals surface area (Å²) in [6.45, 7) is 4.15. The molecule has 0 spiro atoms. The van der Waals surface area contributed by atoms with Crippen molar-refractivity contribution in [2.45, 2.75) is 33.2 Å². The third kappa shape index (κ3) is 4.27. The van der Waals surface area contributed by atoms with Crippen molar-refractivity contribution in [1.82, 2.24) is 9.97 Å². The zero-order valence-electron chi connectivity index (χ0n) is 18.1. The molecule has 0 saturated carbocycles. The van der Waals surface area contributed by atoms with Crippen LogP contribution in [0.15, 0.2) is 48.7 Å². The van der Waals surface area contributed by atoms with Crippen LogP contribution in [0.3, 0.4) is 0 Å². The van der Waals surface area contributed by atoms with Crippen LogP contribution < -0.4 is 4.74 Å². The molecule has 32 heavy (non-hydrogen) atoms. The lowest BCUT2D eigenvalue weighted by atomic mass is 10.1. The summed E-state index contributed by atoms with van der Waals surface area (Å²) in [6.07, 6.45) is 1.39. The number of H-pyrrole nitrogens is 1. The molecule has 0 radical (unpaired) electrons. The molecule has 2 heterocycles. The number of rotatable bonds is 7. The average Bonchev–Trinajstić information content (AvgIpc) is 3.16. The highest BCUT2D eigenvalue weighted by atomic mass is 16.5. The summed E-state index contributed by atoms with van der Waals surface area (Å²) in [7, 11) is 1.58. The van der Waals surface area contributed by atoms with Gasteiger partial charge in [-0.25, -0.2) is 9.78 Å². The first kappa shape index (κ1) is 21.3. The minimum atomic E-state index is -0.479. The van der Waals surface area contributed by atoms with E-state index in [-0.39, 0.29) is 18.4 Å². The minimum absolute atomic E-state index is 0.214. The smallest absolute Gasteiger partial charge is 0.357 e. The fourth-order valence-corrected chi connectivity index (χ4v) is 3.66. The number of esters is 1. The number of pyridine rings is 1. The van der Waals surface area contributed by atoms with E-state index >= 15 is 0 Å². The van der Waals surface area contributed by atoms with E-state index < -0.39 is 5.97 Å².